The van der Waals surface area contributed by atoms with Gasteiger partial charge in [-0.3, -0.25) is 9.36 Å². The third kappa shape index (κ3) is 4.96. The van der Waals surface area contributed by atoms with Crippen LogP contribution in [-0.2, 0) is 9.53 Å². The Bertz CT molecular complexity index is 1750. The van der Waals surface area contributed by atoms with Gasteiger partial charge >= 0.3 is 5.97 Å². The number of benzene rings is 3. The highest BCUT2D eigenvalue weighted by atomic mass is 32.1. The first-order valence-corrected chi connectivity index (χ1v) is 13.1. The van der Waals surface area contributed by atoms with Crippen LogP contribution >= 0.6 is 11.3 Å². The van der Waals surface area contributed by atoms with Gasteiger partial charge in [-0.2, -0.15) is 0 Å². The number of fused-ring (bicyclic) bond motifs is 1. The molecule has 0 radical (unpaired) electrons. The number of aromatic nitrogens is 1. The number of rotatable bonds is 7. The van der Waals surface area contributed by atoms with Crippen molar-refractivity contribution >= 4 is 29.1 Å². The maximum Gasteiger partial charge on any atom is 0.338 e. The highest BCUT2D eigenvalue weighted by Crippen LogP contribution is 2.36. The molecule has 0 fully saturated rings. The van der Waals surface area contributed by atoms with Gasteiger partial charge in [-0.25, -0.2) is 9.79 Å². The zero-order valence-corrected chi connectivity index (χ0v) is 22.4. The molecule has 0 amide bonds. The van der Waals surface area contributed by atoms with E-state index in [1.807, 2.05) is 42.5 Å². The summed E-state index contributed by atoms with van der Waals surface area (Å²) in [6.45, 7) is 1.90. The number of nitrogens with zero attached hydrogens (tertiary/aromatic N) is 2. The Balaban J connectivity index is 1.81. The van der Waals surface area contributed by atoms with Crippen LogP contribution in [0.1, 0.15) is 29.7 Å². The Morgan fingerprint density at radius 3 is 2.54 bits per heavy atom. The maximum atomic E-state index is 13.9. The van der Waals surface area contributed by atoms with Gasteiger partial charge in [0.25, 0.3) is 5.56 Å². The molecule has 1 atom stereocenters. The van der Waals surface area contributed by atoms with Gasteiger partial charge in [0.05, 0.1) is 42.7 Å². The fourth-order valence-corrected chi connectivity index (χ4v) is 5.52. The molecule has 1 aromatic heterocycles. The average Bonchev–Trinajstić information content (AvgIpc) is 3.27. The molecular formula is C30H26N2O6S. The lowest BCUT2D eigenvalue weighted by molar-refractivity contribution is -0.138. The molecule has 4 aromatic rings. The third-order valence-corrected chi connectivity index (χ3v) is 7.27. The third-order valence-electron chi connectivity index (χ3n) is 6.28. The molecule has 1 aliphatic heterocycles. The molecule has 198 valence electrons. The summed E-state index contributed by atoms with van der Waals surface area (Å²) in [5.41, 5.74) is 2.40. The Morgan fingerprint density at radius 2 is 1.85 bits per heavy atom. The zero-order valence-electron chi connectivity index (χ0n) is 21.6. The van der Waals surface area contributed by atoms with E-state index >= 15 is 0 Å². The van der Waals surface area contributed by atoms with Crippen LogP contribution in [0.4, 0.5) is 0 Å². The van der Waals surface area contributed by atoms with Crippen LogP contribution in [0.25, 0.3) is 11.8 Å². The second kappa shape index (κ2) is 11.0. The summed E-state index contributed by atoms with van der Waals surface area (Å²) < 4.78 is 18.0. The fraction of sp³-hybridized carbons (Fsp3) is 0.167. The van der Waals surface area contributed by atoms with E-state index in [9.17, 15) is 14.7 Å². The smallest absolute Gasteiger partial charge is 0.338 e. The van der Waals surface area contributed by atoms with Crippen molar-refractivity contribution in [3.8, 4) is 17.2 Å². The van der Waals surface area contributed by atoms with Gasteiger partial charge in [0.15, 0.2) is 16.3 Å². The summed E-state index contributed by atoms with van der Waals surface area (Å²) in [5.74, 6) is 0.328. The number of esters is 1. The van der Waals surface area contributed by atoms with Gasteiger partial charge in [0.1, 0.15) is 5.75 Å². The monoisotopic (exact) mass is 542 g/mol. The molecule has 0 saturated carbocycles. The highest BCUT2D eigenvalue weighted by Gasteiger charge is 2.35. The van der Waals surface area contributed by atoms with E-state index in [0.29, 0.717) is 37.7 Å². The highest BCUT2D eigenvalue weighted by molar-refractivity contribution is 7.07. The second-order valence-electron chi connectivity index (χ2n) is 8.64. The summed E-state index contributed by atoms with van der Waals surface area (Å²) in [5, 5.41) is 10.2. The lowest BCUT2D eigenvalue weighted by Crippen LogP contribution is -2.40. The van der Waals surface area contributed by atoms with Gasteiger partial charge in [-0.1, -0.05) is 59.9 Å². The molecular weight excluding hydrogens is 516 g/mol. The predicted molar refractivity (Wildman–Crippen MR) is 149 cm³/mol. The predicted octanol–water partition coefficient (Wildman–Crippen LogP) is 3.66. The molecule has 9 heteroatoms. The molecule has 8 nitrogen and oxygen atoms in total. The van der Waals surface area contributed by atoms with E-state index in [1.54, 1.807) is 44.4 Å². The van der Waals surface area contributed by atoms with Crippen molar-refractivity contribution in [2.24, 2.45) is 4.99 Å². The molecule has 2 heterocycles. The second-order valence-corrected chi connectivity index (χ2v) is 9.65. The minimum atomic E-state index is -0.808. The first kappa shape index (κ1) is 26.0. The van der Waals surface area contributed by atoms with Gasteiger partial charge < -0.3 is 19.3 Å². The van der Waals surface area contributed by atoms with Gasteiger partial charge in [-0.15, -0.1) is 0 Å². The van der Waals surface area contributed by atoms with Crippen LogP contribution in [0.3, 0.4) is 0 Å². The quantitative estimate of drug-likeness (QED) is 0.358. The number of thiazole rings is 1. The Hall–Kier alpha value is -4.63. The van der Waals surface area contributed by atoms with Crippen molar-refractivity contribution in [3.63, 3.8) is 0 Å². The number of ether oxygens (including phenoxy) is 3. The van der Waals surface area contributed by atoms with Crippen molar-refractivity contribution < 1.29 is 24.1 Å². The Labute approximate surface area is 228 Å². The normalized spacial score (nSPS) is 14.9. The molecule has 5 rings (SSSR count). The molecule has 1 aliphatic rings. The van der Waals surface area contributed by atoms with Crippen LogP contribution in [0.2, 0.25) is 0 Å². The first-order valence-electron chi connectivity index (χ1n) is 12.2. The number of hydrogen-bond donors (Lipinski definition) is 1. The molecule has 0 saturated heterocycles. The molecule has 39 heavy (non-hydrogen) atoms. The fourth-order valence-electron chi connectivity index (χ4n) is 4.52. The van der Waals surface area contributed by atoms with Crippen molar-refractivity contribution in [2.75, 3.05) is 20.8 Å². The van der Waals surface area contributed by atoms with Gasteiger partial charge in [0, 0.05) is 5.56 Å². The minimum absolute atomic E-state index is 0.0377. The average molecular weight is 543 g/mol. The molecule has 0 bridgehead atoms. The number of aromatic hydroxyl groups is 1. The van der Waals surface area contributed by atoms with Crippen LogP contribution in [0, 0.1) is 0 Å². The Morgan fingerprint density at radius 1 is 1.05 bits per heavy atom. The van der Waals surface area contributed by atoms with Gasteiger partial charge in [-0.05, 0) is 48.4 Å². The van der Waals surface area contributed by atoms with Crippen molar-refractivity contribution in [1.82, 2.24) is 4.57 Å². The summed E-state index contributed by atoms with van der Waals surface area (Å²) in [4.78, 5) is 32.7. The van der Waals surface area contributed by atoms with E-state index in [-0.39, 0.29) is 23.5 Å². The van der Waals surface area contributed by atoms with E-state index in [1.165, 1.54) is 29.1 Å². The number of carbonyl (C=O) groups excluding carboxylic acids is 1. The summed E-state index contributed by atoms with van der Waals surface area (Å²) in [6.07, 6.45) is 1.68. The standard InChI is InChI=1S/C30H26N2O6S/c1-4-38-29(35)25-26(19-9-6-5-7-10-19)31-30-32(27(25)20-11-8-12-21(17-20)36-2)28(34)24(39-30)16-18-13-14-23(37-3)22(33)15-18/h5-17,27,33H,4H2,1-3H3/b24-16-/t27-/m1/s1. The van der Waals surface area contributed by atoms with Gasteiger partial charge in [0.2, 0.25) is 0 Å². The van der Waals surface area contributed by atoms with Crippen molar-refractivity contribution in [1.29, 1.82) is 0 Å². The van der Waals surface area contributed by atoms with Crippen LogP contribution < -0.4 is 24.4 Å². The van der Waals surface area contributed by atoms with Crippen molar-refractivity contribution in [3.05, 3.63) is 115 Å². The lowest BCUT2D eigenvalue weighted by Gasteiger charge is -2.26. The topological polar surface area (TPSA) is 99.4 Å². The Kier molecular flexibility index (Phi) is 7.33. The summed E-state index contributed by atoms with van der Waals surface area (Å²) >= 11 is 1.20. The number of phenols is 1. The maximum absolute atomic E-state index is 13.9. The summed E-state index contributed by atoms with van der Waals surface area (Å²) in [7, 11) is 3.03. The molecule has 3 aromatic carbocycles. The molecule has 0 spiro atoms. The lowest BCUT2D eigenvalue weighted by atomic mass is 9.93. The van der Waals surface area contributed by atoms with Crippen LogP contribution in [0.5, 0.6) is 17.2 Å². The zero-order chi connectivity index (χ0) is 27.5. The minimum Gasteiger partial charge on any atom is -0.504 e. The van der Waals surface area contributed by atoms with Crippen LogP contribution in [-0.4, -0.2) is 36.5 Å². The van der Waals surface area contributed by atoms with E-state index in [2.05, 4.69) is 0 Å². The van der Waals surface area contributed by atoms with E-state index in [0.717, 1.165) is 5.56 Å². The molecule has 1 N–H and O–H groups in total. The van der Waals surface area contributed by atoms with E-state index < -0.39 is 12.0 Å². The summed E-state index contributed by atoms with van der Waals surface area (Å²) in [6, 6.07) is 20.7. The van der Waals surface area contributed by atoms with Crippen molar-refractivity contribution in [2.45, 2.75) is 13.0 Å². The van der Waals surface area contributed by atoms with Crippen LogP contribution in [0.15, 0.2) is 88.2 Å². The first-order chi connectivity index (χ1) is 18.9. The number of carbonyl (C=O) groups is 1. The van der Waals surface area contributed by atoms with E-state index in [4.69, 9.17) is 19.2 Å². The molecule has 0 aliphatic carbocycles. The molecule has 0 unspecified atom stereocenters. The number of phenolic OH excluding ortho intramolecular Hbond substituents is 1. The number of hydrogen-bond acceptors (Lipinski definition) is 8. The largest absolute Gasteiger partial charge is 0.504 e. The SMILES string of the molecule is CCOC(=O)C1=C(c2ccccc2)N=c2s/c(=C\c3ccc(OC)c(O)c3)c(=O)n2[C@@H]1c1cccc(OC)c1. The number of methoxy groups -OCH3 is 2.